The summed E-state index contributed by atoms with van der Waals surface area (Å²) < 4.78 is 4.62. The molecular formula is C19H21N7O6Si. The van der Waals surface area contributed by atoms with Gasteiger partial charge < -0.3 is 30.9 Å². The van der Waals surface area contributed by atoms with Crippen LogP contribution in [0.4, 0.5) is 11.6 Å². The first kappa shape index (κ1) is 23.3. The van der Waals surface area contributed by atoms with Crippen LogP contribution in [0.5, 0.6) is 0 Å². The Morgan fingerprint density at radius 3 is 2.61 bits per heavy atom. The van der Waals surface area contributed by atoms with Crippen molar-refractivity contribution >= 4 is 51.1 Å². The van der Waals surface area contributed by atoms with Gasteiger partial charge in [-0.1, -0.05) is 0 Å². The van der Waals surface area contributed by atoms with Crippen LogP contribution in [-0.2, 0) is 20.6 Å². The molecule has 0 saturated heterocycles. The predicted molar refractivity (Wildman–Crippen MR) is 120 cm³/mol. The highest BCUT2D eigenvalue weighted by Crippen LogP contribution is 2.12. The third kappa shape index (κ3) is 6.10. The average Bonchev–Trinajstić information content (AvgIpc) is 2.80. The van der Waals surface area contributed by atoms with E-state index in [1.807, 2.05) is 0 Å². The number of carboxylic acids is 1. The Hall–Kier alpha value is -4.33. The van der Waals surface area contributed by atoms with E-state index in [1.165, 1.54) is 18.3 Å². The zero-order valence-electron chi connectivity index (χ0n) is 17.5. The summed E-state index contributed by atoms with van der Waals surface area (Å²) in [6.07, 6.45) is 1.31. The Morgan fingerprint density at radius 2 is 1.94 bits per heavy atom. The normalized spacial score (nSPS) is 11.6. The molecule has 2 aromatic heterocycles. The molecule has 1 amide bonds. The molecule has 172 valence electrons. The number of hydrogen-bond donors (Lipinski definition) is 5. The van der Waals surface area contributed by atoms with E-state index in [9.17, 15) is 24.3 Å². The summed E-state index contributed by atoms with van der Waals surface area (Å²) >= 11 is 0. The van der Waals surface area contributed by atoms with E-state index in [0.717, 1.165) is 0 Å². The fourth-order valence-electron chi connectivity index (χ4n) is 2.86. The van der Waals surface area contributed by atoms with Crippen LogP contribution in [0, 0.1) is 0 Å². The summed E-state index contributed by atoms with van der Waals surface area (Å²) in [5.41, 5.74) is 6.59. The van der Waals surface area contributed by atoms with Gasteiger partial charge in [0.15, 0.2) is 11.2 Å². The summed E-state index contributed by atoms with van der Waals surface area (Å²) in [4.78, 5) is 61.5. The number of rotatable bonds is 9. The average molecular weight is 472 g/mol. The number of fused-ring (bicyclic) bond motifs is 1. The number of amides is 1. The Morgan fingerprint density at radius 1 is 1.21 bits per heavy atom. The molecule has 0 bridgehead atoms. The molecule has 6 N–H and O–H groups in total. The highest BCUT2D eigenvalue weighted by atomic mass is 28.2. The molecule has 0 aliphatic rings. The molecule has 0 spiro atoms. The first-order valence-corrected chi connectivity index (χ1v) is 10.5. The van der Waals surface area contributed by atoms with Crippen LogP contribution in [0.1, 0.15) is 28.9 Å². The maximum Gasteiger partial charge on any atom is 0.326 e. The van der Waals surface area contributed by atoms with E-state index in [2.05, 4.69) is 35.0 Å². The number of nitrogens with two attached hydrogens (primary N) is 1. The van der Waals surface area contributed by atoms with Crippen molar-refractivity contribution < 1.29 is 23.9 Å². The van der Waals surface area contributed by atoms with Gasteiger partial charge in [-0.05, 0) is 30.7 Å². The molecule has 1 atom stereocenters. The minimum absolute atomic E-state index is 0.0450. The summed E-state index contributed by atoms with van der Waals surface area (Å²) in [5.74, 6) is -2.37. The molecule has 1 aromatic carbocycles. The van der Waals surface area contributed by atoms with Crippen molar-refractivity contribution in [1.82, 2.24) is 25.3 Å². The number of hydrogen-bond acceptors (Lipinski definition) is 10. The Balaban J connectivity index is 1.61. The number of aromatic nitrogens is 4. The van der Waals surface area contributed by atoms with E-state index in [4.69, 9.17) is 5.73 Å². The van der Waals surface area contributed by atoms with Crippen molar-refractivity contribution in [3.8, 4) is 0 Å². The zero-order chi connectivity index (χ0) is 24.0. The second kappa shape index (κ2) is 10.3. The second-order valence-corrected chi connectivity index (χ2v) is 7.30. The number of nitrogens with one attached hydrogen (secondary N) is 3. The van der Waals surface area contributed by atoms with Crippen molar-refractivity contribution in [3.05, 3.63) is 52.1 Å². The molecule has 13 nitrogen and oxygen atoms in total. The number of carboxylic acid groups (broad SMARTS) is 1. The number of carbonyl (C=O) groups is 3. The predicted octanol–water partition coefficient (Wildman–Crippen LogP) is -1.31. The molecule has 3 rings (SSSR count). The topological polar surface area (TPSA) is 202 Å². The van der Waals surface area contributed by atoms with Gasteiger partial charge in [0.1, 0.15) is 6.04 Å². The highest BCUT2D eigenvalue weighted by Gasteiger charge is 2.21. The third-order valence-electron chi connectivity index (χ3n) is 4.58. The number of benzene rings is 1. The molecule has 0 fully saturated rings. The Kier molecular flexibility index (Phi) is 7.30. The van der Waals surface area contributed by atoms with Gasteiger partial charge in [-0.3, -0.25) is 14.4 Å². The van der Waals surface area contributed by atoms with Crippen molar-refractivity contribution in [2.75, 3.05) is 11.1 Å². The quantitative estimate of drug-likeness (QED) is 0.232. The van der Waals surface area contributed by atoms with Crippen LogP contribution in [-0.4, -0.2) is 59.4 Å². The van der Waals surface area contributed by atoms with Crippen LogP contribution >= 0.6 is 0 Å². The lowest BCUT2D eigenvalue weighted by Crippen LogP contribution is -2.41. The van der Waals surface area contributed by atoms with Crippen molar-refractivity contribution in [2.24, 2.45) is 0 Å². The van der Waals surface area contributed by atoms with Gasteiger partial charge >= 0.3 is 11.5 Å². The van der Waals surface area contributed by atoms with Crippen molar-refractivity contribution in [3.63, 3.8) is 0 Å². The molecule has 0 unspecified atom stereocenters. The van der Waals surface area contributed by atoms with Crippen LogP contribution in [0.15, 0.2) is 35.3 Å². The minimum atomic E-state index is -1.24. The number of aromatic amines is 1. The van der Waals surface area contributed by atoms with Gasteiger partial charge in [0.25, 0.3) is 11.9 Å². The standard InChI is InChI=1S/C19H21N7O6Si/c20-19-25-15-14(17(29)26-19)23-11(8-22-15)7-21-10-3-1-9(2-4-10)16(28)24-12(18(30)31)5-6-13(27)32-33/h1-4,8,12,21H,5-7H2,33H3,(H,24,28)(H,30,31)(H3,20,22,25,26,29)/t12-/m0/s1. The smallest absolute Gasteiger partial charge is 0.326 e. The second-order valence-electron chi connectivity index (χ2n) is 6.90. The summed E-state index contributed by atoms with van der Waals surface area (Å²) in [5, 5.41) is 14.7. The third-order valence-corrected chi connectivity index (χ3v) is 5.04. The molecule has 3 aromatic rings. The van der Waals surface area contributed by atoms with Crippen LogP contribution in [0.2, 0.25) is 0 Å². The number of carbonyl (C=O) groups excluding carboxylic acids is 2. The zero-order valence-corrected chi connectivity index (χ0v) is 19.5. The van der Waals surface area contributed by atoms with Gasteiger partial charge in [0.2, 0.25) is 16.4 Å². The molecule has 0 aliphatic heterocycles. The molecule has 0 aliphatic carbocycles. The molecule has 0 saturated carbocycles. The largest absolute Gasteiger partial charge is 0.529 e. The minimum Gasteiger partial charge on any atom is -0.529 e. The molecule has 0 radical (unpaired) electrons. The van der Waals surface area contributed by atoms with Gasteiger partial charge in [-0.15, -0.1) is 0 Å². The highest BCUT2D eigenvalue weighted by molar-refractivity contribution is 6.05. The first-order chi connectivity index (χ1) is 15.8. The molecule has 33 heavy (non-hydrogen) atoms. The SMILES string of the molecule is Nc1nc(=O)c2nc(CNc3ccc(C(=O)N[C@@H](CCC(=O)O[SiH3])C(=O)O)cc3)cnc2[nH]1. The van der Waals surface area contributed by atoms with Crippen LogP contribution < -0.4 is 21.9 Å². The maximum atomic E-state index is 12.4. The number of anilines is 2. The summed E-state index contributed by atoms with van der Waals surface area (Å²) in [7, 11) is 0.223. The Bertz CT molecular complexity index is 1250. The van der Waals surface area contributed by atoms with E-state index in [1.54, 1.807) is 12.1 Å². The number of nitrogens with zero attached hydrogens (tertiary/aromatic N) is 3. The van der Waals surface area contributed by atoms with E-state index in [0.29, 0.717) is 11.4 Å². The Labute approximate surface area is 189 Å². The molecular weight excluding hydrogens is 450 g/mol. The van der Waals surface area contributed by atoms with Gasteiger partial charge in [-0.2, -0.15) is 4.98 Å². The van der Waals surface area contributed by atoms with Gasteiger partial charge in [-0.25, -0.2) is 14.8 Å². The summed E-state index contributed by atoms with van der Waals surface area (Å²) in [6, 6.07) is 5.09. The van der Waals surface area contributed by atoms with Gasteiger partial charge in [0, 0.05) is 17.7 Å². The maximum absolute atomic E-state index is 12.4. The first-order valence-electron chi connectivity index (χ1n) is 9.72. The summed E-state index contributed by atoms with van der Waals surface area (Å²) in [6.45, 7) is 0.246. The van der Waals surface area contributed by atoms with E-state index in [-0.39, 0.29) is 52.5 Å². The fourth-order valence-corrected chi connectivity index (χ4v) is 3.06. The lowest BCUT2D eigenvalue weighted by molar-refractivity contribution is -0.140. The van der Waals surface area contributed by atoms with Gasteiger partial charge in [0.05, 0.1) is 18.4 Å². The van der Waals surface area contributed by atoms with E-state index >= 15 is 0 Å². The van der Waals surface area contributed by atoms with Crippen LogP contribution in [0.3, 0.4) is 0 Å². The lowest BCUT2D eigenvalue weighted by atomic mass is 10.1. The molecule has 14 heteroatoms. The fraction of sp³-hybridized carbons (Fsp3) is 0.211. The number of H-pyrrole nitrogens is 1. The van der Waals surface area contributed by atoms with E-state index < -0.39 is 29.4 Å². The van der Waals surface area contributed by atoms with Crippen molar-refractivity contribution in [2.45, 2.75) is 25.4 Å². The van der Waals surface area contributed by atoms with Crippen molar-refractivity contribution in [1.29, 1.82) is 0 Å². The monoisotopic (exact) mass is 471 g/mol. The van der Waals surface area contributed by atoms with Crippen LogP contribution in [0.25, 0.3) is 11.2 Å². The molecule has 2 heterocycles. The lowest BCUT2D eigenvalue weighted by Gasteiger charge is -2.14. The number of nitrogen functional groups attached to an aromatic ring is 1. The number of aliphatic carboxylic acids is 1.